The Bertz CT molecular complexity index is 1640. The van der Waals surface area contributed by atoms with Crippen LogP contribution >= 0.6 is 27.5 Å². The van der Waals surface area contributed by atoms with Crippen LogP contribution in [0, 0.1) is 0 Å². The van der Waals surface area contributed by atoms with Gasteiger partial charge in [0, 0.05) is 37.2 Å². The van der Waals surface area contributed by atoms with Crippen LogP contribution in [0.15, 0.2) is 82.1 Å². The normalized spacial score (nSPS) is 14.3. The van der Waals surface area contributed by atoms with Crippen molar-refractivity contribution in [2.75, 3.05) is 6.54 Å². The second-order valence-corrected chi connectivity index (χ2v) is 11.2. The summed E-state index contributed by atoms with van der Waals surface area (Å²) in [6.07, 6.45) is -6.52. The van der Waals surface area contributed by atoms with E-state index in [-0.39, 0.29) is 18.0 Å². The van der Waals surface area contributed by atoms with E-state index in [9.17, 15) is 22.8 Å². The molecule has 0 bridgehead atoms. The molecule has 0 saturated carbocycles. The molecule has 0 spiro atoms. The van der Waals surface area contributed by atoms with Gasteiger partial charge in [-0.1, -0.05) is 48.0 Å². The first-order valence-corrected chi connectivity index (χ1v) is 14.3. The standard InChI is InChI=1S/C30H27BrClF3N4O3/c1-19(30(33,34)35)42-23-10-8-22(9-11-23)39-27(28(40)36-16-20-5-3-2-4-6-20)26-18-37(13-14-38(26)29(39)41)17-21-7-12-24(31)25(32)15-21/h2-12,15,19H,13-14,16-18H2,1H3,(H,36,40)/t19-/m0/s1. The van der Waals surface area contributed by atoms with Crippen molar-refractivity contribution >= 4 is 33.4 Å². The fraction of sp³-hybridized carbons (Fsp3) is 0.267. The maximum absolute atomic E-state index is 13.7. The molecular formula is C30H27BrClF3N4O3. The molecule has 1 aliphatic heterocycles. The van der Waals surface area contributed by atoms with Crippen molar-refractivity contribution in [2.24, 2.45) is 0 Å². The number of aromatic nitrogens is 2. The molecule has 1 aromatic heterocycles. The van der Waals surface area contributed by atoms with Gasteiger partial charge in [0.05, 0.1) is 16.4 Å². The SMILES string of the molecule is C[C@H](Oc1ccc(-n2c(C(=O)NCc3ccccc3)c3n(c2=O)CCN(Cc2ccc(Br)c(Cl)c2)C3)cc1)C(F)(F)F. The number of amides is 1. The number of carbonyl (C=O) groups is 1. The third-order valence-corrected chi connectivity index (χ3v) is 8.26. The van der Waals surface area contributed by atoms with Crippen LogP contribution in [0.3, 0.4) is 0 Å². The molecule has 42 heavy (non-hydrogen) atoms. The van der Waals surface area contributed by atoms with Gasteiger partial charge in [0.15, 0.2) is 6.10 Å². The van der Waals surface area contributed by atoms with Crippen LogP contribution in [0.2, 0.25) is 5.02 Å². The third-order valence-electron chi connectivity index (χ3n) is 7.03. The van der Waals surface area contributed by atoms with Gasteiger partial charge in [-0.15, -0.1) is 0 Å². The minimum absolute atomic E-state index is 0.00462. The van der Waals surface area contributed by atoms with Crippen LogP contribution in [0.1, 0.15) is 34.2 Å². The predicted octanol–water partition coefficient (Wildman–Crippen LogP) is 6.33. The molecule has 1 aliphatic rings. The molecule has 220 valence electrons. The predicted molar refractivity (Wildman–Crippen MR) is 157 cm³/mol. The summed E-state index contributed by atoms with van der Waals surface area (Å²) in [4.78, 5) is 29.5. The number of nitrogens with one attached hydrogen (secondary N) is 1. The van der Waals surface area contributed by atoms with Crippen LogP contribution < -0.4 is 15.7 Å². The van der Waals surface area contributed by atoms with Crippen LogP contribution in [-0.2, 0) is 26.2 Å². The number of halogens is 5. The van der Waals surface area contributed by atoms with Crippen LogP contribution in [0.5, 0.6) is 5.75 Å². The minimum atomic E-state index is -4.52. The third kappa shape index (κ3) is 6.58. The summed E-state index contributed by atoms with van der Waals surface area (Å²) in [6, 6.07) is 20.7. The average molecular weight is 664 g/mol. The van der Waals surface area contributed by atoms with E-state index in [1.807, 2.05) is 48.5 Å². The van der Waals surface area contributed by atoms with Gasteiger partial charge in [-0.25, -0.2) is 4.79 Å². The zero-order valence-electron chi connectivity index (χ0n) is 22.5. The molecule has 0 aliphatic carbocycles. The monoisotopic (exact) mass is 662 g/mol. The van der Waals surface area contributed by atoms with E-state index in [0.29, 0.717) is 42.6 Å². The molecule has 2 heterocycles. The Hall–Kier alpha value is -3.54. The summed E-state index contributed by atoms with van der Waals surface area (Å²) in [5.41, 5.74) is 2.53. The van der Waals surface area contributed by atoms with Gasteiger partial charge in [-0.05, 0) is 70.4 Å². The van der Waals surface area contributed by atoms with Crippen LogP contribution in [0.4, 0.5) is 13.2 Å². The summed E-state index contributed by atoms with van der Waals surface area (Å²) in [5.74, 6) is -0.445. The Balaban J connectivity index is 1.48. The van der Waals surface area contributed by atoms with Crippen molar-refractivity contribution in [3.05, 3.63) is 115 Å². The number of benzene rings is 3. The van der Waals surface area contributed by atoms with Gasteiger partial charge in [0.25, 0.3) is 5.91 Å². The van der Waals surface area contributed by atoms with E-state index in [0.717, 1.165) is 22.5 Å². The smallest absolute Gasteiger partial charge is 0.425 e. The summed E-state index contributed by atoms with van der Waals surface area (Å²) < 4.78 is 47.6. The number of hydrogen-bond acceptors (Lipinski definition) is 4. The fourth-order valence-corrected chi connectivity index (χ4v) is 5.27. The molecule has 1 N–H and O–H groups in total. The van der Waals surface area contributed by atoms with Gasteiger partial charge < -0.3 is 10.1 Å². The summed E-state index contributed by atoms with van der Waals surface area (Å²) in [6.45, 7) is 2.98. The second kappa shape index (κ2) is 12.4. The molecule has 3 aromatic carbocycles. The van der Waals surface area contributed by atoms with Crippen molar-refractivity contribution in [1.82, 2.24) is 19.4 Å². The number of rotatable bonds is 8. The molecule has 7 nitrogen and oxygen atoms in total. The Morgan fingerprint density at radius 1 is 1.05 bits per heavy atom. The van der Waals surface area contributed by atoms with Crippen molar-refractivity contribution in [1.29, 1.82) is 0 Å². The maximum atomic E-state index is 13.7. The lowest BCUT2D eigenvalue weighted by molar-refractivity contribution is -0.189. The molecule has 1 amide bonds. The second-order valence-electron chi connectivity index (χ2n) is 9.99. The molecule has 0 radical (unpaired) electrons. The highest BCUT2D eigenvalue weighted by Gasteiger charge is 2.38. The van der Waals surface area contributed by atoms with Gasteiger partial charge in [-0.2, -0.15) is 13.2 Å². The molecule has 0 saturated heterocycles. The van der Waals surface area contributed by atoms with E-state index in [2.05, 4.69) is 26.1 Å². The van der Waals surface area contributed by atoms with E-state index in [1.54, 1.807) is 4.57 Å². The van der Waals surface area contributed by atoms with Crippen LogP contribution in [-0.4, -0.2) is 38.8 Å². The molecule has 1 atom stereocenters. The highest BCUT2D eigenvalue weighted by molar-refractivity contribution is 9.10. The number of imidazole rings is 1. The summed E-state index contributed by atoms with van der Waals surface area (Å²) in [7, 11) is 0. The lowest BCUT2D eigenvalue weighted by Crippen LogP contribution is -2.37. The van der Waals surface area contributed by atoms with Crippen LogP contribution in [0.25, 0.3) is 5.69 Å². The largest absolute Gasteiger partial charge is 0.481 e. The van der Waals surface area contributed by atoms with Gasteiger partial charge in [-0.3, -0.25) is 18.8 Å². The molecule has 5 rings (SSSR count). The molecule has 12 heteroatoms. The van der Waals surface area contributed by atoms with E-state index in [4.69, 9.17) is 16.3 Å². The quantitative estimate of drug-likeness (QED) is 0.239. The minimum Gasteiger partial charge on any atom is -0.481 e. The van der Waals surface area contributed by atoms with Gasteiger partial charge in [0.2, 0.25) is 0 Å². The van der Waals surface area contributed by atoms with Gasteiger partial charge >= 0.3 is 11.9 Å². The Morgan fingerprint density at radius 3 is 2.43 bits per heavy atom. The molecule has 0 unspecified atom stereocenters. The number of fused-ring (bicyclic) bond motifs is 1. The van der Waals surface area contributed by atoms with E-state index >= 15 is 0 Å². The van der Waals surface area contributed by atoms with E-state index < -0.39 is 23.9 Å². The molecule has 0 fully saturated rings. The number of nitrogens with zero attached hydrogens (tertiary/aromatic N) is 3. The van der Waals surface area contributed by atoms with E-state index in [1.165, 1.54) is 28.8 Å². The maximum Gasteiger partial charge on any atom is 0.425 e. The fourth-order valence-electron chi connectivity index (χ4n) is 4.82. The summed E-state index contributed by atoms with van der Waals surface area (Å²) >= 11 is 9.69. The number of alkyl halides is 3. The number of ether oxygens (including phenoxy) is 1. The van der Waals surface area contributed by atoms with Crippen molar-refractivity contribution in [3.63, 3.8) is 0 Å². The van der Waals surface area contributed by atoms with Gasteiger partial charge in [0.1, 0.15) is 11.4 Å². The summed E-state index contributed by atoms with van der Waals surface area (Å²) in [5, 5.41) is 3.51. The zero-order valence-corrected chi connectivity index (χ0v) is 24.8. The lowest BCUT2D eigenvalue weighted by atomic mass is 10.1. The first-order valence-electron chi connectivity index (χ1n) is 13.2. The highest BCUT2D eigenvalue weighted by atomic mass is 79.9. The average Bonchev–Trinajstić information content (AvgIpc) is 3.25. The Kier molecular flexibility index (Phi) is 8.81. The Labute approximate surface area is 253 Å². The lowest BCUT2D eigenvalue weighted by Gasteiger charge is -2.28. The van der Waals surface area contributed by atoms with Crippen molar-refractivity contribution < 1.29 is 22.7 Å². The number of hydrogen-bond donors (Lipinski definition) is 1. The first-order chi connectivity index (χ1) is 20.0. The molecular weight excluding hydrogens is 637 g/mol. The molecule has 4 aromatic rings. The van der Waals surface area contributed by atoms with Crippen molar-refractivity contribution in [2.45, 2.75) is 45.4 Å². The Morgan fingerprint density at radius 2 is 1.76 bits per heavy atom. The van der Waals surface area contributed by atoms with Crippen molar-refractivity contribution in [3.8, 4) is 11.4 Å². The topological polar surface area (TPSA) is 68.5 Å². The first kappa shape index (κ1) is 29.9. The highest BCUT2D eigenvalue weighted by Crippen LogP contribution is 2.28. The number of carbonyl (C=O) groups excluding carboxylic acids is 1. The zero-order chi connectivity index (χ0) is 30.0.